The van der Waals surface area contributed by atoms with Gasteiger partial charge in [-0.05, 0) is 24.8 Å². The Morgan fingerprint density at radius 1 is 1.56 bits per heavy atom. The zero-order valence-electron chi connectivity index (χ0n) is 10.4. The summed E-state index contributed by atoms with van der Waals surface area (Å²) in [6, 6.07) is 1.16. The van der Waals surface area contributed by atoms with Gasteiger partial charge in [0.25, 0.3) is 0 Å². The third-order valence-corrected chi connectivity index (χ3v) is 5.95. The highest BCUT2D eigenvalue weighted by molar-refractivity contribution is 7.89. The number of aryl methyl sites for hydroxylation is 1. The van der Waals surface area contributed by atoms with Crippen LogP contribution in [0.3, 0.4) is 0 Å². The minimum Gasteiger partial charge on any atom is -0.477 e. The highest BCUT2D eigenvalue weighted by atomic mass is 32.2. The van der Waals surface area contributed by atoms with Crippen molar-refractivity contribution in [2.24, 2.45) is 5.41 Å². The van der Waals surface area contributed by atoms with E-state index in [1.54, 1.807) is 6.92 Å². The molecule has 7 heteroatoms. The summed E-state index contributed by atoms with van der Waals surface area (Å²) in [5.41, 5.74) is -0.00732. The van der Waals surface area contributed by atoms with Gasteiger partial charge in [-0.3, -0.25) is 0 Å². The van der Waals surface area contributed by atoms with Gasteiger partial charge in [-0.1, -0.05) is 13.8 Å². The van der Waals surface area contributed by atoms with Gasteiger partial charge in [0.15, 0.2) is 0 Å². The van der Waals surface area contributed by atoms with E-state index in [0.29, 0.717) is 4.88 Å². The maximum absolute atomic E-state index is 12.1. The second-order valence-corrected chi connectivity index (χ2v) is 8.14. The summed E-state index contributed by atoms with van der Waals surface area (Å²) < 4.78 is 26.9. The van der Waals surface area contributed by atoms with Crippen LogP contribution in [0, 0.1) is 12.3 Å². The number of carboxylic acid groups (broad SMARTS) is 1. The molecule has 0 aliphatic heterocycles. The molecular formula is C11H15NO4S2. The lowest BCUT2D eigenvalue weighted by atomic mass is 10.2. The summed E-state index contributed by atoms with van der Waals surface area (Å²) in [5.74, 6) is -1.10. The van der Waals surface area contributed by atoms with Gasteiger partial charge >= 0.3 is 5.97 Å². The SMILES string of the molecule is Cc1sc(C(=O)O)cc1S(=O)(=O)NC1CC1(C)C. The number of nitrogens with one attached hydrogen (secondary N) is 1. The van der Waals surface area contributed by atoms with Crippen LogP contribution in [0.25, 0.3) is 0 Å². The molecule has 100 valence electrons. The minimum atomic E-state index is -3.61. The Kier molecular flexibility index (Phi) is 3.03. The van der Waals surface area contributed by atoms with Crippen molar-refractivity contribution in [3.05, 3.63) is 15.8 Å². The molecule has 1 heterocycles. The van der Waals surface area contributed by atoms with Crippen LogP contribution < -0.4 is 4.72 Å². The summed E-state index contributed by atoms with van der Waals surface area (Å²) in [6.07, 6.45) is 0.807. The summed E-state index contributed by atoms with van der Waals surface area (Å²) in [4.78, 5) is 11.4. The fourth-order valence-corrected chi connectivity index (χ4v) is 4.59. The Labute approximate surface area is 110 Å². The lowest BCUT2D eigenvalue weighted by Gasteiger charge is -2.07. The van der Waals surface area contributed by atoms with Crippen molar-refractivity contribution in [2.75, 3.05) is 0 Å². The van der Waals surface area contributed by atoms with Crippen LogP contribution in [-0.4, -0.2) is 25.5 Å². The van der Waals surface area contributed by atoms with E-state index in [9.17, 15) is 13.2 Å². The smallest absolute Gasteiger partial charge is 0.345 e. The lowest BCUT2D eigenvalue weighted by molar-refractivity contribution is 0.0702. The normalized spacial score (nSPS) is 21.8. The predicted molar refractivity (Wildman–Crippen MR) is 68.5 cm³/mol. The average Bonchev–Trinajstić information content (AvgIpc) is 2.63. The first-order chi connectivity index (χ1) is 8.13. The maximum atomic E-state index is 12.1. The molecule has 0 radical (unpaired) electrons. The molecule has 1 fully saturated rings. The van der Waals surface area contributed by atoms with Crippen molar-refractivity contribution in [1.82, 2.24) is 4.72 Å². The quantitative estimate of drug-likeness (QED) is 0.885. The Hall–Kier alpha value is -0.920. The molecule has 0 amide bonds. The number of carboxylic acids is 1. The van der Waals surface area contributed by atoms with Crippen LogP contribution in [0.4, 0.5) is 0 Å². The van der Waals surface area contributed by atoms with Gasteiger partial charge in [0.1, 0.15) is 4.88 Å². The number of hydrogen-bond donors (Lipinski definition) is 2. The molecule has 1 aromatic rings. The van der Waals surface area contributed by atoms with Gasteiger partial charge in [-0.2, -0.15) is 0 Å². The molecule has 1 saturated carbocycles. The second-order valence-electron chi connectivity index (χ2n) is 5.20. The summed E-state index contributed by atoms with van der Waals surface area (Å²) in [6.45, 7) is 5.59. The van der Waals surface area contributed by atoms with Gasteiger partial charge < -0.3 is 5.11 Å². The van der Waals surface area contributed by atoms with Crippen LogP contribution in [0.5, 0.6) is 0 Å². The molecule has 1 aromatic heterocycles. The minimum absolute atomic E-state index is 0.00732. The fourth-order valence-electron chi connectivity index (χ4n) is 1.76. The number of hydrogen-bond acceptors (Lipinski definition) is 4. The van der Waals surface area contributed by atoms with Crippen molar-refractivity contribution in [3.63, 3.8) is 0 Å². The molecule has 1 aliphatic rings. The zero-order chi connectivity index (χ0) is 13.7. The summed E-state index contributed by atoms with van der Waals surface area (Å²) in [7, 11) is -3.61. The summed E-state index contributed by atoms with van der Waals surface area (Å²) in [5, 5.41) is 8.86. The van der Waals surface area contributed by atoms with E-state index in [1.807, 2.05) is 13.8 Å². The molecule has 18 heavy (non-hydrogen) atoms. The molecule has 2 N–H and O–H groups in total. The van der Waals surface area contributed by atoms with E-state index < -0.39 is 16.0 Å². The third-order valence-electron chi connectivity index (χ3n) is 3.18. The lowest BCUT2D eigenvalue weighted by Crippen LogP contribution is -2.28. The number of rotatable bonds is 4. The van der Waals surface area contributed by atoms with Crippen molar-refractivity contribution < 1.29 is 18.3 Å². The molecule has 1 atom stereocenters. The Bertz CT molecular complexity index is 601. The van der Waals surface area contributed by atoms with Gasteiger partial charge in [0, 0.05) is 10.9 Å². The molecule has 0 spiro atoms. The van der Waals surface area contributed by atoms with Crippen molar-refractivity contribution >= 4 is 27.3 Å². The molecule has 1 aliphatic carbocycles. The molecular weight excluding hydrogens is 274 g/mol. The van der Waals surface area contributed by atoms with E-state index in [4.69, 9.17) is 5.11 Å². The van der Waals surface area contributed by atoms with Gasteiger partial charge in [-0.15, -0.1) is 11.3 Å². The standard InChI is InChI=1S/C11H15NO4S2/c1-6-8(4-7(17-6)10(13)14)18(15,16)12-9-5-11(9,2)3/h4,9,12H,5H2,1-3H3,(H,13,14). The zero-order valence-corrected chi connectivity index (χ0v) is 12.0. The highest BCUT2D eigenvalue weighted by Gasteiger charge is 2.48. The van der Waals surface area contributed by atoms with Gasteiger partial charge in [0.2, 0.25) is 10.0 Å². The number of carbonyl (C=O) groups is 1. The van der Waals surface area contributed by atoms with Crippen molar-refractivity contribution in [3.8, 4) is 0 Å². The van der Waals surface area contributed by atoms with Crippen molar-refractivity contribution in [2.45, 2.75) is 38.1 Å². The number of thiophene rings is 1. The van der Waals surface area contributed by atoms with Gasteiger partial charge in [0.05, 0.1) is 4.90 Å². The van der Waals surface area contributed by atoms with E-state index >= 15 is 0 Å². The topological polar surface area (TPSA) is 83.5 Å². The van der Waals surface area contributed by atoms with Crippen LogP contribution in [-0.2, 0) is 10.0 Å². The Morgan fingerprint density at radius 3 is 2.50 bits per heavy atom. The number of aromatic carboxylic acids is 1. The molecule has 5 nitrogen and oxygen atoms in total. The van der Waals surface area contributed by atoms with Crippen molar-refractivity contribution in [1.29, 1.82) is 0 Å². The second kappa shape index (κ2) is 4.04. The predicted octanol–water partition coefficient (Wildman–Crippen LogP) is 1.83. The molecule has 1 unspecified atom stereocenters. The van der Waals surface area contributed by atoms with E-state index in [0.717, 1.165) is 17.8 Å². The van der Waals surface area contributed by atoms with Crippen LogP contribution in [0.15, 0.2) is 11.0 Å². The highest BCUT2D eigenvalue weighted by Crippen LogP contribution is 2.45. The van der Waals surface area contributed by atoms with Crippen LogP contribution in [0.1, 0.15) is 34.8 Å². The summed E-state index contributed by atoms with van der Waals surface area (Å²) >= 11 is 0.978. The third kappa shape index (κ3) is 2.43. The maximum Gasteiger partial charge on any atom is 0.345 e. The Morgan fingerprint density at radius 2 is 2.11 bits per heavy atom. The van der Waals surface area contributed by atoms with Crippen LogP contribution >= 0.6 is 11.3 Å². The number of sulfonamides is 1. The fraction of sp³-hybridized carbons (Fsp3) is 0.545. The largest absolute Gasteiger partial charge is 0.477 e. The first-order valence-corrected chi connectivity index (χ1v) is 7.79. The Balaban J connectivity index is 2.28. The first kappa shape index (κ1) is 13.5. The monoisotopic (exact) mass is 289 g/mol. The van der Waals surface area contributed by atoms with E-state index in [-0.39, 0.29) is 21.2 Å². The first-order valence-electron chi connectivity index (χ1n) is 5.49. The average molecular weight is 289 g/mol. The van der Waals surface area contributed by atoms with Crippen LogP contribution in [0.2, 0.25) is 0 Å². The molecule has 0 aromatic carbocycles. The molecule has 0 saturated heterocycles. The van der Waals surface area contributed by atoms with E-state index in [1.165, 1.54) is 6.07 Å². The van der Waals surface area contributed by atoms with Gasteiger partial charge in [-0.25, -0.2) is 17.9 Å². The molecule has 0 bridgehead atoms. The van der Waals surface area contributed by atoms with E-state index in [2.05, 4.69) is 4.72 Å². The molecule has 2 rings (SSSR count).